The smallest absolute Gasteiger partial charge is 0.255 e. The Hall–Kier alpha value is -2.08. The lowest BCUT2D eigenvalue weighted by Crippen LogP contribution is -2.30. The summed E-state index contributed by atoms with van der Waals surface area (Å²) in [4.78, 5) is 26.4. The standard InChI is InChI=1S/C19H22ClN3O2.ClH/c1-3-23(4-2)19(25)16-10-9-15(11-17(16)20)22-18(24)14-7-5-13(12-21)6-8-14;/h5-11H,3-4,12,21H2,1-2H3,(H,22,24);1H. The molecule has 0 aliphatic carbocycles. The van der Waals surface area contributed by atoms with E-state index in [-0.39, 0.29) is 24.2 Å². The van der Waals surface area contributed by atoms with Gasteiger partial charge >= 0.3 is 0 Å². The molecule has 0 atom stereocenters. The van der Waals surface area contributed by atoms with Crippen molar-refractivity contribution in [2.75, 3.05) is 18.4 Å². The molecule has 7 heteroatoms. The molecule has 2 rings (SSSR count). The fourth-order valence-electron chi connectivity index (χ4n) is 2.44. The lowest BCUT2D eigenvalue weighted by molar-refractivity contribution is 0.0773. The van der Waals surface area contributed by atoms with Crippen LogP contribution in [-0.2, 0) is 6.54 Å². The molecular formula is C19H23Cl2N3O2. The first-order valence-electron chi connectivity index (χ1n) is 8.19. The van der Waals surface area contributed by atoms with Crippen LogP contribution in [-0.4, -0.2) is 29.8 Å². The summed E-state index contributed by atoms with van der Waals surface area (Å²) >= 11 is 6.24. The third-order valence-electron chi connectivity index (χ3n) is 3.96. The van der Waals surface area contributed by atoms with Gasteiger partial charge in [0.05, 0.1) is 10.6 Å². The normalized spacial score (nSPS) is 10.0. The van der Waals surface area contributed by atoms with E-state index in [2.05, 4.69) is 5.32 Å². The Bertz CT molecular complexity index is 760. The van der Waals surface area contributed by atoms with Crippen LogP contribution in [0.3, 0.4) is 0 Å². The quantitative estimate of drug-likeness (QED) is 0.776. The van der Waals surface area contributed by atoms with Crippen LogP contribution in [0.4, 0.5) is 5.69 Å². The maximum absolute atomic E-state index is 12.4. The van der Waals surface area contributed by atoms with Crippen molar-refractivity contribution in [3.05, 3.63) is 64.2 Å². The largest absolute Gasteiger partial charge is 0.339 e. The van der Waals surface area contributed by atoms with Crippen LogP contribution in [0, 0.1) is 0 Å². The number of carbonyl (C=O) groups is 2. The lowest BCUT2D eigenvalue weighted by atomic mass is 10.1. The third kappa shape index (κ3) is 5.21. The number of anilines is 1. The minimum atomic E-state index is -0.248. The van der Waals surface area contributed by atoms with Gasteiger partial charge < -0.3 is 16.0 Å². The van der Waals surface area contributed by atoms with Crippen molar-refractivity contribution in [2.24, 2.45) is 5.73 Å². The van der Waals surface area contributed by atoms with Crippen molar-refractivity contribution in [1.29, 1.82) is 0 Å². The van der Waals surface area contributed by atoms with Gasteiger partial charge in [0, 0.05) is 30.9 Å². The zero-order valence-corrected chi connectivity index (χ0v) is 16.4. The maximum atomic E-state index is 12.4. The van der Waals surface area contributed by atoms with E-state index in [4.69, 9.17) is 17.3 Å². The molecule has 2 aromatic rings. The number of hydrogen-bond acceptors (Lipinski definition) is 3. The van der Waals surface area contributed by atoms with Crippen LogP contribution < -0.4 is 11.1 Å². The predicted octanol–water partition coefficient (Wildman–Crippen LogP) is 3.95. The van der Waals surface area contributed by atoms with E-state index < -0.39 is 0 Å². The molecule has 0 aliphatic heterocycles. The van der Waals surface area contributed by atoms with E-state index in [1.165, 1.54) is 0 Å². The molecule has 0 spiro atoms. The third-order valence-corrected chi connectivity index (χ3v) is 4.27. The zero-order chi connectivity index (χ0) is 18.4. The van der Waals surface area contributed by atoms with Gasteiger partial charge in [-0.25, -0.2) is 0 Å². The SMILES string of the molecule is CCN(CC)C(=O)c1ccc(NC(=O)c2ccc(CN)cc2)cc1Cl.Cl. The number of nitrogens with zero attached hydrogens (tertiary/aromatic N) is 1. The molecule has 2 amide bonds. The molecule has 2 aromatic carbocycles. The molecule has 0 fully saturated rings. The number of amides is 2. The van der Waals surface area contributed by atoms with Crippen LogP contribution in [0.2, 0.25) is 5.02 Å². The molecule has 0 saturated carbocycles. The van der Waals surface area contributed by atoms with Gasteiger partial charge in [-0.15, -0.1) is 12.4 Å². The van der Waals surface area contributed by atoms with Crippen molar-refractivity contribution < 1.29 is 9.59 Å². The Labute approximate surface area is 164 Å². The monoisotopic (exact) mass is 395 g/mol. The minimum absolute atomic E-state index is 0. The van der Waals surface area contributed by atoms with Gasteiger partial charge in [0.1, 0.15) is 0 Å². The summed E-state index contributed by atoms with van der Waals surface area (Å²) < 4.78 is 0. The Balaban J connectivity index is 0.00000338. The molecule has 0 radical (unpaired) electrons. The van der Waals surface area contributed by atoms with E-state index in [1.807, 2.05) is 26.0 Å². The highest BCUT2D eigenvalue weighted by Gasteiger charge is 2.16. The van der Waals surface area contributed by atoms with Gasteiger partial charge in [0.25, 0.3) is 11.8 Å². The zero-order valence-electron chi connectivity index (χ0n) is 14.8. The molecule has 5 nitrogen and oxygen atoms in total. The number of halogens is 2. The van der Waals surface area contributed by atoms with Crippen LogP contribution in [0.25, 0.3) is 0 Å². The summed E-state index contributed by atoms with van der Waals surface area (Å²) in [7, 11) is 0. The van der Waals surface area contributed by atoms with E-state index >= 15 is 0 Å². The van der Waals surface area contributed by atoms with Crippen LogP contribution >= 0.6 is 24.0 Å². The molecule has 0 saturated heterocycles. The van der Waals surface area contributed by atoms with Gasteiger partial charge in [-0.05, 0) is 49.7 Å². The van der Waals surface area contributed by atoms with Gasteiger partial charge in [0.2, 0.25) is 0 Å². The van der Waals surface area contributed by atoms with Crippen molar-refractivity contribution in [1.82, 2.24) is 4.90 Å². The topological polar surface area (TPSA) is 75.4 Å². The second-order valence-electron chi connectivity index (χ2n) is 5.53. The first-order valence-corrected chi connectivity index (χ1v) is 8.57. The number of hydrogen-bond donors (Lipinski definition) is 2. The predicted molar refractivity (Wildman–Crippen MR) is 108 cm³/mol. The van der Waals surface area contributed by atoms with Crippen LogP contribution in [0.1, 0.15) is 40.1 Å². The van der Waals surface area contributed by atoms with E-state index in [0.29, 0.717) is 41.5 Å². The average Bonchev–Trinajstić information content (AvgIpc) is 2.62. The highest BCUT2D eigenvalue weighted by molar-refractivity contribution is 6.34. The number of nitrogens with one attached hydrogen (secondary N) is 1. The fourth-order valence-corrected chi connectivity index (χ4v) is 2.70. The molecule has 140 valence electrons. The molecular weight excluding hydrogens is 373 g/mol. The van der Waals surface area contributed by atoms with Crippen LogP contribution in [0.5, 0.6) is 0 Å². The second kappa shape index (κ2) is 10.2. The van der Waals surface area contributed by atoms with Crippen molar-refractivity contribution in [2.45, 2.75) is 20.4 Å². The average molecular weight is 396 g/mol. The first-order chi connectivity index (χ1) is 12.0. The maximum Gasteiger partial charge on any atom is 0.255 e. The summed E-state index contributed by atoms with van der Waals surface area (Å²) in [5, 5.41) is 3.09. The molecule has 26 heavy (non-hydrogen) atoms. The summed E-state index contributed by atoms with van der Waals surface area (Å²) in [5.41, 5.74) is 7.99. The molecule has 0 unspecified atom stereocenters. The Morgan fingerprint density at radius 1 is 1.08 bits per heavy atom. The van der Waals surface area contributed by atoms with E-state index in [0.717, 1.165) is 5.56 Å². The number of nitrogens with two attached hydrogens (primary N) is 1. The summed E-state index contributed by atoms with van der Waals surface area (Å²) in [6.07, 6.45) is 0. The molecule has 0 bridgehead atoms. The Kier molecular flexibility index (Phi) is 8.58. The minimum Gasteiger partial charge on any atom is -0.339 e. The van der Waals surface area contributed by atoms with Gasteiger partial charge in [-0.3, -0.25) is 9.59 Å². The van der Waals surface area contributed by atoms with Gasteiger partial charge in [-0.2, -0.15) is 0 Å². The number of rotatable bonds is 6. The van der Waals surface area contributed by atoms with Crippen LogP contribution in [0.15, 0.2) is 42.5 Å². The number of benzene rings is 2. The highest BCUT2D eigenvalue weighted by atomic mass is 35.5. The van der Waals surface area contributed by atoms with Gasteiger partial charge in [-0.1, -0.05) is 23.7 Å². The van der Waals surface area contributed by atoms with Crippen molar-refractivity contribution >= 4 is 41.5 Å². The highest BCUT2D eigenvalue weighted by Crippen LogP contribution is 2.23. The molecule has 0 aliphatic rings. The number of carbonyl (C=O) groups excluding carboxylic acids is 2. The van der Waals surface area contributed by atoms with Gasteiger partial charge in [0.15, 0.2) is 0 Å². The second-order valence-corrected chi connectivity index (χ2v) is 5.93. The summed E-state index contributed by atoms with van der Waals surface area (Å²) in [5.74, 6) is -0.368. The molecule has 3 N–H and O–H groups in total. The lowest BCUT2D eigenvalue weighted by Gasteiger charge is -2.19. The summed E-state index contributed by atoms with van der Waals surface area (Å²) in [6, 6.07) is 12.0. The Morgan fingerprint density at radius 3 is 2.19 bits per heavy atom. The van der Waals surface area contributed by atoms with E-state index in [9.17, 15) is 9.59 Å². The first kappa shape index (κ1) is 22.0. The van der Waals surface area contributed by atoms with Crippen molar-refractivity contribution in [3.63, 3.8) is 0 Å². The summed E-state index contributed by atoms with van der Waals surface area (Å²) in [6.45, 7) is 5.49. The fraction of sp³-hybridized carbons (Fsp3) is 0.263. The molecule has 0 heterocycles. The Morgan fingerprint density at radius 2 is 1.69 bits per heavy atom. The van der Waals surface area contributed by atoms with Crippen molar-refractivity contribution in [3.8, 4) is 0 Å². The van der Waals surface area contributed by atoms with E-state index in [1.54, 1.807) is 35.2 Å². The molecule has 0 aromatic heterocycles.